The third kappa shape index (κ3) is 2.79. The van der Waals surface area contributed by atoms with E-state index in [1.54, 1.807) is 6.20 Å². The maximum atomic E-state index is 6.19. The van der Waals surface area contributed by atoms with Crippen LogP contribution in [-0.4, -0.2) is 34.6 Å². The van der Waals surface area contributed by atoms with Crippen molar-refractivity contribution in [3.05, 3.63) is 60.2 Å². The van der Waals surface area contributed by atoms with Gasteiger partial charge in [0.2, 0.25) is 0 Å². The summed E-state index contributed by atoms with van der Waals surface area (Å²) in [5.41, 5.74) is 3.90. The smallest absolute Gasteiger partial charge is 0.179 e. The molecule has 1 fully saturated rings. The topological polar surface area (TPSA) is 68.1 Å². The zero-order chi connectivity index (χ0) is 17.5. The molecule has 7 heteroatoms. The van der Waals surface area contributed by atoms with Gasteiger partial charge < -0.3 is 9.72 Å². The van der Waals surface area contributed by atoms with Gasteiger partial charge >= 0.3 is 0 Å². The number of rotatable bonds is 4. The third-order valence-corrected chi connectivity index (χ3v) is 6.45. The molecule has 1 aliphatic carbocycles. The summed E-state index contributed by atoms with van der Waals surface area (Å²) in [6.45, 7) is 0.661. The number of halogens is 1. The molecular formula is C19H18IN5O. The zero-order valence-corrected chi connectivity index (χ0v) is 16.2. The van der Waals surface area contributed by atoms with E-state index in [-0.39, 0.29) is 6.10 Å². The maximum Gasteiger partial charge on any atom is 0.179 e. The molecule has 132 valence electrons. The van der Waals surface area contributed by atoms with E-state index < -0.39 is 0 Å². The van der Waals surface area contributed by atoms with Crippen LogP contribution in [0.3, 0.4) is 0 Å². The Morgan fingerprint density at radius 3 is 2.92 bits per heavy atom. The van der Waals surface area contributed by atoms with Crippen LogP contribution in [0.15, 0.2) is 48.8 Å². The summed E-state index contributed by atoms with van der Waals surface area (Å²) in [6.07, 6.45) is 5.93. The highest BCUT2D eigenvalue weighted by atomic mass is 127. The van der Waals surface area contributed by atoms with E-state index in [2.05, 4.69) is 71.4 Å². The van der Waals surface area contributed by atoms with Crippen molar-refractivity contribution in [1.82, 2.24) is 24.6 Å². The molecule has 0 spiro atoms. The Kier molecular flexibility index (Phi) is 4.12. The van der Waals surface area contributed by atoms with Crippen LogP contribution < -0.4 is 0 Å². The van der Waals surface area contributed by atoms with Gasteiger partial charge in [-0.3, -0.25) is 4.40 Å². The van der Waals surface area contributed by atoms with Crippen LogP contribution in [0.5, 0.6) is 0 Å². The molecule has 1 saturated carbocycles. The van der Waals surface area contributed by atoms with Gasteiger partial charge in [0.25, 0.3) is 0 Å². The quantitative estimate of drug-likeness (QED) is 0.372. The molecule has 0 unspecified atom stereocenters. The number of aromatic amines is 1. The molecule has 0 saturated heterocycles. The molecule has 0 aliphatic heterocycles. The van der Waals surface area contributed by atoms with Gasteiger partial charge in [0, 0.05) is 16.0 Å². The van der Waals surface area contributed by atoms with Crippen LogP contribution in [0.4, 0.5) is 0 Å². The number of alkyl halides is 1. The van der Waals surface area contributed by atoms with Gasteiger partial charge in [-0.1, -0.05) is 52.9 Å². The highest BCUT2D eigenvalue weighted by molar-refractivity contribution is 14.1. The number of fused-ring (bicyclic) bond motifs is 3. The summed E-state index contributed by atoms with van der Waals surface area (Å²) < 4.78 is 8.80. The molecule has 1 aliphatic rings. The zero-order valence-electron chi connectivity index (χ0n) is 14.0. The van der Waals surface area contributed by atoms with E-state index in [1.165, 1.54) is 5.56 Å². The Morgan fingerprint density at radius 1 is 1.15 bits per heavy atom. The number of ether oxygens (including phenoxy) is 1. The van der Waals surface area contributed by atoms with Gasteiger partial charge in [0.15, 0.2) is 11.3 Å². The maximum absolute atomic E-state index is 6.19. The van der Waals surface area contributed by atoms with Crippen molar-refractivity contribution in [3.63, 3.8) is 0 Å². The molecule has 3 atom stereocenters. The number of nitrogens with one attached hydrogen (secondary N) is 1. The van der Waals surface area contributed by atoms with Crippen LogP contribution in [0.25, 0.3) is 16.8 Å². The van der Waals surface area contributed by atoms with Crippen LogP contribution in [0, 0.1) is 0 Å². The highest BCUT2D eigenvalue weighted by Gasteiger charge is 2.37. The highest BCUT2D eigenvalue weighted by Crippen LogP contribution is 2.41. The molecule has 0 radical (unpaired) electrons. The van der Waals surface area contributed by atoms with E-state index in [0.717, 1.165) is 35.5 Å². The first-order valence-corrected chi connectivity index (χ1v) is 10.0. The second-order valence-electron chi connectivity index (χ2n) is 6.73. The monoisotopic (exact) mass is 459 g/mol. The fourth-order valence-electron chi connectivity index (χ4n) is 3.77. The number of benzene rings is 1. The number of hydrogen-bond donors (Lipinski definition) is 1. The molecule has 0 bridgehead atoms. The minimum absolute atomic E-state index is 0.248. The predicted octanol–water partition coefficient (Wildman–Crippen LogP) is 3.87. The fourth-order valence-corrected chi connectivity index (χ4v) is 4.95. The lowest BCUT2D eigenvalue weighted by Crippen LogP contribution is -2.10. The molecule has 4 aromatic rings. The third-order valence-electron chi connectivity index (χ3n) is 5.07. The van der Waals surface area contributed by atoms with Crippen molar-refractivity contribution in [3.8, 4) is 0 Å². The minimum Gasteiger partial charge on any atom is -0.373 e. The van der Waals surface area contributed by atoms with E-state index in [4.69, 9.17) is 4.74 Å². The first kappa shape index (κ1) is 16.2. The van der Waals surface area contributed by atoms with Crippen molar-refractivity contribution < 1.29 is 4.74 Å². The van der Waals surface area contributed by atoms with Crippen molar-refractivity contribution >= 4 is 39.4 Å². The fraction of sp³-hybridized carbons (Fsp3) is 0.316. The minimum atomic E-state index is 0.248. The number of hydrogen-bond acceptors (Lipinski definition) is 4. The lowest BCUT2D eigenvalue weighted by Gasteiger charge is -2.13. The van der Waals surface area contributed by atoms with E-state index in [9.17, 15) is 0 Å². The lowest BCUT2D eigenvalue weighted by molar-refractivity contribution is 0.0449. The average Bonchev–Trinajstić information content (AvgIpc) is 3.37. The molecular weight excluding hydrogens is 441 g/mol. The Morgan fingerprint density at radius 2 is 2.04 bits per heavy atom. The second-order valence-corrected chi connectivity index (χ2v) is 8.33. The van der Waals surface area contributed by atoms with Crippen molar-refractivity contribution in [1.29, 1.82) is 0 Å². The summed E-state index contributed by atoms with van der Waals surface area (Å²) >= 11 is 2.54. The first-order valence-electron chi connectivity index (χ1n) is 8.76. The number of aromatic nitrogens is 5. The van der Waals surface area contributed by atoms with Crippen molar-refractivity contribution in [2.24, 2.45) is 0 Å². The first-order chi connectivity index (χ1) is 12.8. The molecule has 3 aromatic heterocycles. The van der Waals surface area contributed by atoms with Gasteiger partial charge in [-0.15, -0.1) is 10.2 Å². The van der Waals surface area contributed by atoms with E-state index >= 15 is 0 Å². The Balaban J connectivity index is 1.40. The van der Waals surface area contributed by atoms with Crippen LogP contribution in [-0.2, 0) is 11.3 Å². The molecule has 0 amide bonds. The summed E-state index contributed by atoms with van der Waals surface area (Å²) in [5.74, 6) is 1.34. The van der Waals surface area contributed by atoms with E-state index in [1.807, 2.05) is 18.3 Å². The number of H-pyrrole nitrogens is 1. The SMILES string of the molecule is I[C@@H]1C[C@H](OCc2ccccc2)C[C@@H]1c1nnc2cnc3[nH]ccc3n12. The van der Waals surface area contributed by atoms with Crippen molar-refractivity contribution in [2.45, 2.75) is 35.4 Å². The average molecular weight is 459 g/mol. The molecule has 6 nitrogen and oxygen atoms in total. The lowest BCUT2D eigenvalue weighted by atomic mass is 10.1. The Hall–Kier alpha value is -2.00. The number of nitrogens with zero attached hydrogens (tertiary/aromatic N) is 4. The van der Waals surface area contributed by atoms with Gasteiger partial charge in [0.05, 0.1) is 24.4 Å². The summed E-state index contributed by atoms with van der Waals surface area (Å²) in [6, 6.07) is 12.4. The van der Waals surface area contributed by atoms with Gasteiger partial charge in [0.1, 0.15) is 5.82 Å². The molecule has 3 heterocycles. The Labute approximate surface area is 164 Å². The summed E-state index contributed by atoms with van der Waals surface area (Å²) in [7, 11) is 0. The van der Waals surface area contributed by atoms with Crippen LogP contribution in [0.2, 0.25) is 0 Å². The van der Waals surface area contributed by atoms with Gasteiger partial charge in [-0.25, -0.2) is 4.98 Å². The summed E-state index contributed by atoms with van der Waals surface area (Å²) in [5, 5.41) is 8.85. The second kappa shape index (κ2) is 6.62. The van der Waals surface area contributed by atoms with Crippen LogP contribution in [0.1, 0.15) is 30.1 Å². The molecule has 26 heavy (non-hydrogen) atoms. The largest absolute Gasteiger partial charge is 0.373 e. The predicted molar refractivity (Wildman–Crippen MR) is 107 cm³/mol. The normalized spacial score (nSPS) is 23.2. The van der Waals surface area contributed by atoms with Crippen molar-refractivity contribution in [2.75, 3.05) is 0 Å². The van der Waals surface area contributed by atoms with Gasteiger partial charge in [-0.2, -0.15) is 0 Å². The molecule has 1 aromatic carbocycles. The Bertz CT molecular complexity index is 1040. The molecule has 1 N–H and O–H groups in total. The van der Waals surface area contributed by atoms with E-state index in [0.29, 0.717) is 16.4 Å². The molecule has 5 rings (SSSR count). The standard InChI is InChI=1S/C19H18IN5O/c20-15-9-13(26-11-12-4-2-1-3-5-12)8-14(15)19-24-23-17-10-22-18-16(25(17)19)6-7-21-18/h1-7,10,13-15,21H,8-9,11H2/t13-,14+,15-/m1/s1. The summed E-state index contributed by atoms with van der Waals surface area (Å²) in [4.78, 5) is 7.56. The van der Waals surface area contributed by atoms with Crippen LogP contribution >= 0.6 is 22.6 Å². The van der Waals surface area contributed by atoms with Gasteiger partial charge in [-0.05, 0) is 24.5 Å².